The molecule has 4 rings (SSSR count). The molecule has 0 spiro atoms. The van der Waals surface area contributed by atoms with Gasteiger partial charge in [-0.3, -0.25) is 4.79 Å². The number of carboxylic acid groups (broad SMARTS) is 1. The maximum absolute atomic E-state index is 12.7. The summed E-state index contributed by atoms with van der Waals surface area (Å²) >= 11 is 12.9. The molecule has 1 aliphatic rings. The Kier molecular flexibility index (Phi) is 9.56. The minimum Gasteiger partial charge on any atom is -0.490 e. The lowest BCUT2D eigenvalue weighted by Gasteiger charge is -2.31. The average Bonchev–Trinajstić information content (AvgIpc) is 2.92. The van der Waals surface area contributed by atoms with E-state index in [0.29, 0.717) is 71.4 Å². The predicted molar refractivity (Wildman–Crippen MR) is 152 cm³/mol. The molecular weight excluding hydrogens is 543 g/mol. The molecule has 0 aliphatic carbocycles. The van der Waals surface area contributed by atoms with E-state index in [9.17, 15) is 14.7 Å². The molecule has 0 radical (unpaired) electrons. The number of nitrogens with zero attached hydrogens (tertiary/aromatic N) is 2. The van der Waals surface area contributed by atoms with Crippen LogP contribution in [0.1, 0.15) is 35.3 Å². The molecule has 0 aromatic heterocycles. The van der Waals surface area contributed by atoms with E-state index in [4.69, 9.17) is 37.4 Å². The molecule has 3 aromatic carbocycles. The molecule has 1 amide bonds. The first-order chi connectivity index (χ1) is 18.8. The van der Waals surface area contributed by atoms with Gasteiger partial charge < -0.3 is 29.1 Å². The van der Waals surface area contributed by atoms with E-state index in [-0.39, 0.29) is 24.6 Å². The molecular formula is C29H30Cl2N2O6. The van der Waals surface area contributed by atoms with Crippen molar-refractivity contribution in [2.45, 2.75) is 27.0 Å². The van der Waals surface area contributed by atoms with Crippen LogP contribution in [0.25, 0.3) is 0 Å². The van der Waals surface area contributed by atoms with Gasteiger partial charge in [-0.1, -0.05) is 41.4 Å². The van der Waals surface area contributed by atoms with Crippen molar-refractivity contribution in [3.8, 4) is 11.5 Å². The zero-order valence-corrected chi connectivity index (χ0v) is 23.3. The average molecular weight is 573 g/mol. The van der Waals surface area contributed by atoms with E-state index in [1.807, 2.05) is 30.0 Å². The third-order valence-corrected chi connectivity index (χ3v) is 6.94. The summed E-state index contributed by atoms with van der Waals surface area (Å²) < 4.78 is 17.2. The molecule has 1 N–H and O–H groups in total. The fourth-order valence-corrected chi connectivity index (χ4v) is 4.87. The number of morpholine rings is 1. The number of ether oxygens (including phenoxy) is 3. The normalized spacial score (nSPS) is 13.2. The highest BCUT2D eigenvalue weighted by Gasteiger charge is 2.23. The topological polar surface area (TPSA) is 88.5 Å². The molecule has 0 saturated carbocycles. The second-order valence-corrected chi connectivity index (χ2v) is 9.74. The second kappa shape index (κ2) is 13.1. The van der Waals surface area contributed by atoms with Gasteiger partial charge in [0.1, 0.15) is 6.61 Å². The SMILES string of the molecule is CCOc1cc(CN(C(C)=O)c2ccc(N3CCOCC3)c(C(=O)O)c2)cc(Cl)c1OCc1ccccc1Cl. The van der Waals surface area contributed by atoms with Gasteiger partial charge in [0.15, 0.2) is 11.5 Å². The van der Waals surface area contributed by atoms with Gasteiger partial charge >= 0.3 is 5.97 Å². The van der Waals surface area contributed by atoms with Gasteiger partial charge in [0, 0.05) is 36.3 Å². The number of anilines is 2. The van der Waals surface area contributed by atoms with Crippen LogP contribution in [0, 0.1) is 0 Å². The van der Waals surface area contributed by atoms with E-state index in [2.05, 4.69) is 0 Å². The minimum atomic E-state index is -1.07. The quantitative estimate of drug-likeness (QED) is 0.316. The lowest BCUT2D eigenvalue weighted by molar-refractivity contribution is -0.116. The van der Waals surface area contributed by atoms with Crippen molar-refractivity contribution in [1.82, 2.24) is 0 Å². The third-order valence-electron chi connectivity index (χ3n) is 6.29. The van der Waals surface area contributed by atoms with E-state index < -0.39 is 5.97 Å². The number of carbonyl (C=O) groups excluding carboxylic acids is 1. The first kappa shape index (κ1) is 28.5. The van der Waals surface area contributed by atoms with Gasteiger partial charge in [-0.15, -0.1) is 0 Å². The number of rotatable bonds is 10. The van der Waals surface area contributed by atoms with Crippen LogP contribution in [-0.4, -0.2) is 49.9 Å². The molecule has 0 bridgehead atoms. The van der Waals surface area contributed by atoms with Crippen molar-refractivity contribution < 1.29 is 28.9 Å². The van der Waals surface area contributed by atoms with Gasteiger partial charge in [-0.05, 0) is 48.9 Å². The number of halogens is 2. The number of carbonyl (C=O) groups is 2. The van der Waals surface area contributed by atoms with Crippen molar-refractivity contribution in [2.75, 3.05) is 42.7 Å². The molecule has 10 heteroatoms. The second-order valence-electron chi connectivity index (χ2n) is 8.93. The summed E-state index contributed by atoms with van der Waals surface area (Å²) in [6.45, 7) is 6.26. The van der Waals surface area contributed by atoms with E-state index in [0.717, 1.165) is 5.56 Å². The fraction of sp³-hybridized carbons (Fsp3) is 0.310. The molecule has 1 aliphatic heterocycles. The highest BCUT2D eigenvalue weighted by Crippen LogP contribution is 2.38. The maximum atomic E-state index is 12.7. The van der Waals surface area contributed by atoms with Crippen LogP contribution in [0.2, 0.25) is 10.0 Å². The van der Waals surface area contributed by atoms with Crippen molar-refractivity contribution in [3.63, 3.8) is 0 Å². The van der Waals surface area contributed by atoms with Crippen LogP contribution in [0.4, 0.5) is 11.4 Å². The number of hydrogen-bond donors (Lipinski definition) is 1. The summed E-state index contributed by atoms with van der Waals surface area (Å²) in [5.74, 6) is -0.508. The highest BCUT2D eigenvalue weighted by atomic mass is 35.5. The standard InChI is InChI=1S/C29H30Cl2N2O6/c1-3-38-27-15-20(14-25(31)28(27)39-18-21-6-4-5-7-24(21)30)17-33(19(2)34)22-8-9-26(23(16-22)29(35)36)32-10-12-37-13-11-32/h4-9,14-16H,3,10-13,17-18H2,1-2H3,(H,35,36). The number of benzene rings is 3. The molecule has 0 atom stereocenters. The van der Waals surface area contributed by atoms with Crippen LogP contribution in [0.5, 0.6) is 11.5 Å². The van der Waals surface area contributed by atoms with Gasteiger partial charge in [-0.2, -0.15) is 0 Å². The van der Waals surface area contributed by atoms with Crippen molar-refractivity contribution in [1.29, 1.82) is 0 Å². The lowest BCUT2D eigenvalue weighted by atomic mass is 10.1. The van der Waals surface area contributed by atoms with E-state index in [1.165, 1.54) is 17.9 Å². The molecule has 39 heavy (non-hydrogen) atoms. The smallest absolute Gasteiger partial charge is 0.337 e. The van der Waals surface area contributed by atoms with Crippen LogP contribution in [0.15, 0.2) is 54.6 Å². The van der Waals surface area contributed by atoms with Crippen LogP contribution >= 0.6 is 23.2 Å². The summed E-state index contributed by atoms with van der Waals surface area (Å²) in [7, 11) is 0. The van der Waals surface area contributed by atoms with Crippen LogP contribution in [0.3, 0.4) is 0 Å². The van der Waals surface area contributed by atoms with Crippen LogP contribution < -0.4 is 19.3 Å². The Morgan fingerprint density at radius 2 is 1.77 bits per heavy atom. The molecule has 1 fully saturated rings. The van der Waals surface area contributed by atoms with Gasteiger partial charge in [-0.25, -0.2) is 4.79 Å². The number of hydrogen-bond acceptors (Lipinski definition) is 6. The Morgan fingerprint density at radius 1 is 1.03 bits per heavy atom. The van der Waals surface area contributed by atoms with Gasteiger partial charge in [0.25, 0.3) is 0 Å². The Morgan fingerprint density at radius 3 is 2.44 bits per heavy atom. The Hall–Kier alpha value is -3.46. The van der Waals surface area contributed by atoms with E-state index >= 15 is 0 Å². The summed E-state index contributed by atoms with van der Waals surface area (Å²) in [6.07, 6.45) is 0. The summed E-state index contributed by atoms with van der Waals surface area (Å²) in [6, 6.07) is 15.9. The maximum Gasteiger partial charge on any atom is 0.337 e. The van der Waals surface area contributed by atoms with Crippen molar-refractivity contribution in [2.24, 2.45) is 0 Å². The molecule has 206 valence electrons. The monoisotopic (exact) mass is 572 g/mol. The van der Waals surface area contributed by atoms with Crippen LogP contribution in [-0.2, 0) is 22.7 Å². The summed E-state index contributed by atoms with van der Waals surface area (Å²) in [5, 5.41) is 10.8. The third kappa shape index (κ3) is 6.95. The molecule has 1 heterocycles. The number of amides is 1. The molecule has 1 saturated heterocycles. The first-order valence-electron chi connectivity index (χ1n) is 12.6. The fourth-order valence-electron chi connectivity index (χ4n) is 4.39. The largest absolute Gasteiger partial charge is 0.490 e. The molecule has 8 nitrogen and oxygen atoms in total. The van der Waals surface area contributed by atoms with Gasteiger partial charge in [0.2, 0.25) is 5.91 Å². The first-order valence-corrected chi connectivity index (χ1v) is 13.3. The Labute approximate surface area is 237 Å². The van der Waals surface area contributed by atoms with Crippen molar-refractivity contribution in [3.05, 3.63) is 81.3 Å². The summed E-state index contributed by atoms with van der Waals surface area (Å²) in [5.41, 5.74) is 2.68. The number of aromatic carboxylic acids is 1. The minimum absolute atomic E-state index is 0.122. The highest BCUT2D eigenvalue weighted by molar-refractivity contribution is 6.32. The zero-order chi connectivity index (χ0) is 27.9. The Balaban J connectivity index is 1.61. The Bertz CT molecular complexity index is 1340. The molecule has 0 unspecified atom stereocenters. The lowest BCUT2D eigenvalue weighted by Crippen LogP contribution is -2.37. The van der Waals surface area contributed by atoms with Crippen molar-refractivity contribution >= 4 is 46.5 Å². The predicted octanol–water partition coefficient (Wildman–Crippen LogP) is 6.06. The number of carboxylic acids is 1. The zero-order valence-electron chi connectivity index (χ0n) is 21.8. The van der Waals surface area contributed by atoms with Gasteiger partial charge in [0.05, 0.1) is 42.6 Å². The summed E-state index contributed by atoms with van der Waals surface area (Å²) in [4.78, 5) is 28.3. The molecule has 3 aromatic rings. The van der Waals surface area contributed by atoms with E-state index in [1.54, 1.807) is 30.3 Å².